The zero-order valence-electron chi connectivity index (χ0n) is 14.3. The number of rotatable bonds is 5. The molecule has 3 aromatic rings. The van der Waals surface area contributed by atoms with E-state index in [-0.39, 0.29) is 17.2 Å². The number of anilines is 1. The maximum Gasteiger partial charge on any atom is 0.278 e. The molecule has 0 radical (unpaired) electrons. The highest BCUT2D eigenvalue weighted by Crippen LogP contribution is 2.13. The number of ether oxygens (including phenoxy) is 1. The van der Waals surface area contributed by atoms with Crippen LogP contribution in [-0.2, 0) is 11.3 Å². The van der Waals surface area contributed by atoms with Crippen molar-refractivity contribution >= 4 is 22.5 Å². The number of hydrogen-bond acceptors (Lipinski definition) is 5. The summed E-state index contributed by atoms with van der Waals surface area (Å²) in [4.78, 5) is 17.4. The van der Waals surface area contributed by atoms with E-state index in [0.717, 1.165) is 0 Å². The van der Waals surface area contributed by atoms with E-state index in [9.17, 15) is 10.1 Å². The van der Waals surface area contributed by atoms with Gasteiger partial charge in [-0.15, -0.1) is 0 Å². The number of nitriles is 1. The third-order valence-electron chi connectivity index (χ3n) is 3.96. The van der Waals surface area contributed by atoms with Crippen LogP contribution < -0.4 is 15.9 Å². The molecule has 0 bridgehead atoms. The fourth-order valence-corrected chi connectivity index (χ4v) is 2.76. The van der Waals surface area contributed by atoms with E-state index in [1.807, 2.05) is 19.9 Å². The number of nitrogen functional groups attached to an aromatic ring is 1. The molecule has 0 saturated heterocycles. The summed E-state index contributed by atoms with van der Waals surface area (Å²) in [5, 5.41) is 9.73. The summed E-state index contributed by atoms with van der Waals surface area (Å²) in [5.41, 5.74) is 7.22. The molecule has 0 amide bonds. The zero-order chi connectivity index (χ0) is 18.0. The SMILES string of the molecule is CC(C)OCCC[n+]1c(N)c(C#N)cc2c(=O)n3ccccc3nc21. The van der Waals surface area contributed by atoms with Gasteiger partial charge in [0.15, 0.2) is 0 Å². The van der Waals surface area contributed by atoms with Crippen molar-refractivity contribution in [1.82, 2.24) is 9.38 Å². The van der Waals surface area contributed by atoms with Crippen molar-refractivity contribution in [3.05, 3.63) is 46.4 Å². The molecule has 0 saturated carbocycles. The van der Waals surface area contributed by atoms with Crippen molar-refractivity contribution in [1.29, 1.82) is 5.26 Å². The summed E-state index contributed by atoms with van der Waals surface area (Å²) in [6.45, 7) is 5.03. The van der Waals surface area contributed by atoms with E-state index >= 15 is 0 Å². The summed E-state index contributed by atoms with van der Waals surface area (Å²) in [5.74, 6) is 0.312. The van der Waals surface area contributed by atoms with Crippen molar-refractivity contribution in [2.75, 3.05) is 12.3 Å². The van der Waals surface area contributed by atoms with Gasteiger partial charge in [0.25, 0.3) is 11.2 Å². The lowest BCUT2D eigenvalue weighted by molar-refractivity contribution is -0.659. The average Bonchev–Trinajstić information content (AvgIpc) is 2.60. The van der Waals surface area contributed by atoms with Gasteiger partial charge < -0.3 is 10.5 Å². The second-order valence-electron chi connectivity index (χ2n) is 6.06. The molecule has 25 heavy (non-hydrogen) atoms. The van der Waals surface area contributed by atoms with Crippen molar-refractivity contribution in [2.24, 2.45) is 0 Å². The Morgan fingerprint density at radius 3 is 2.96 bits per heavy atom. The number of hydrogen-bond donors (Lipinski definition) is 1. The lowest BCUT2D eigenvalue weighted by atomic mass is 10.2. The van der Waals surface area contributed by atoms with E-state index in [1.165, 1.54) is 10.5 Å². The minimum Gasteiger partial charge on any atom is -0.379 e. The van der Waals surface area contributed by atoms with Gasteiger partial charge in [-0.3, -0.25) is 9.20 Å². The molecule has 128 valence electrons. The van der Waals surface area contributed by atoms with Gasteiger partial charge in [-0.2, -0.15) is 5.26 Å². The van der Waals surface area contributed by atoms with Crippen LogP contribution in [0.1, 0.15) is 25.8 Å². The van der Waals surface area contributed by atoms with Gasteiger partial charge >= 0.3 is 0 Å². The van der Waals surface area contributed by atoms with Crippen LogP contribution in [0.15, 0.2) is 35.3 Å². The molecule has 0 aromatic carbocycles. The van der Waals surface area contributed by atoms with Crippen LogP contribution in [0.3, 0.4) is 0 Å². The molecular weight excluding hydrogens is 318 g/mol. The second kappa shape index (κ2) is 6.87. The number of aromatic nitrogens is 3. The van der Waals surface area contributed by atoms with E-state index in [0.29, 0.717) is 42.1 Å². The van der Waals surface area contributed by atoms with E-state index < -0.39 is 0 Å². The van der Waals surface area contributed by atoms with Crippen molar-refractivity contribution in [2.45, 2.75) is 32.9 Å². The Hall–Kier alpha value is -2.98. The van der Waals surface area contributed by atoms with Gasteiger partial charge in [-0.05, 0) is 32.0 Å². The molecule has 7 heteroatoms. The summed E-state index contributed by atoms with van der Waals surface area (Å²) in [7, 11) is 0. The molecule has 0 fully saturated rings. The monoisotopic (exact) mass is 338 g/mol. The Bertz CT molecular complexity index is 1030. The van der Waals surface area contributed by atoms with E-state index in [2.05, 4.69) is 11.1 Å². The molecule has 0 aliphatic heterocycles. The number of nitrogens with two attached hydrogens (primary N) is 1. The van der Waals surface area contributed by atoms with Crippen LogP contribution in [0, 0.1) is 11.3 Å². The van der Waals surface area contributed by atoms with Gasteiger partial charge in [-0.25, -0.2) is 4.57 Å². The molecule has 0 aliphatic rings. The first-order valence-electron chi connectivity index (χ1n) is 8.18. The van der Waals surface area contributed by atoms with Crippen LogP contribution >= 0.6 is 0 Å². The highest BCUT2D eigenvalue weighted by molar-refractivity contribution is 5.76. The summed E-state index contributed by atoms with van der Waals surface area (Å²) in [6, 6.07) is 8.92. The van der Waals surface area contributed by atoms with Crippen molar-refractivity contribution in [3.63, 3.8) is 0 Å². The first kappa shape index (κ1) is 16.9. The fourth-order valence-electron chi connectivity index (χ4n) is 2.76. The maximum atomic E-state index is 12.8. The average molecular weight is 338 g/mol. The van der Waals surface area contributed by atoms with Crippen LogP contribution in [0.5, 0.6) is 0 Å². The van der Waals surface area contributed by atoms with E-state index in [1.54, 1.807) is 22.9 Å². The van der Waals surface area contributed by atoms with Crippen LogP contribution in [-0.4, -0.2) is 22.1 Å². The molecule has 3 heterocycles. The lowest BCUT2D eigenvalue weighted by Gasteiger charge is -2.10. The number of pyridine rings is 2. The Labute approximate surface area is 144 Å². The van der Waals surface area contributed by atoms with Gasteiger partial charge in [0.05, 0.1) is 12.6 Å². The molecule has 0 spiro atoms. The first-order chi connectivity index (χ1) is 12.0. The summed E-state index contributed by atoms with van der Waals surface area (Å²) >= 11 is 0. The topological polar surface area (TPSA) is 97.3 Å². The fraction of sp³-hybridized carbons (Fsp3) is 0.333. The van der Waals surface area contributed by atoms with E-state index in [4.69, 9.17) is 10.5 Å². The van der Waals surface area contributed by atoms with Crippen LogP contribution in [0.25, 0.3) is 16.7 Å². The third kappa shape index (κ3) is 3.16. The Morgan fingerprint density at radius 2 is 2.24 bits per heavy atom. The highest BCUT2D eigenvalue weighted by atomic mass is 16.5. The zero-order valence-corrected chi connectivity index (χ0v) is 14.3. The minimum atomic E-state index is -0.218. The largest absolute Gasteiger partial charge is 0.379 e. The van der Waals surface area contributed by atoms with Gasteiger partial charge in [0.1, 0.15) is 17.0 Å². The maximum absolute atomic E-state index is 12.8. The molecule has 0 unspecified atom stereocenters. The van der Waals surface area contributed by atoms with Crippen molar-refractivity contribution in [3.8, 4) is 6.07 Å². The minimum absolute atomic E-state index is 0.149. The molecule has 0 aliphatic carbocycles. The summed E-state index contributed by atoms with van der Waals surface area (Å²) < 4.78 is 8.75. The van der Waals surface area contributed by atoms with Gasteiger partial charge in [0.2, 0.25) is 11.5 Å². The second-order valence-corrected chi connectivity index (χ2v) is 6.06. The normalized spacial score (nSPS) is 11.3. The first-order valence-corrected chi connectivity index (χ1v) is 8.18. The smallest absolute Gasteiger partial charge is 0.278 e. The number of nitrogens with zero attached hydrogens (tertiary/aromatic N) is 4. The Morgan fingerprint density at radius 1 is 1.44 bits per heavy atom. The molecular formula is C18H20N5O2+. The number of fused-ring (bicyclic) bond motifs is 2. The molecule has 2 N–H and O–H groups in total. The standard InChI is InChI=1S/C18H19N5O2/c1-12(2)25-9-5-8-23-16(20)13(11-19)10-14-17(23)21-15-6-3-4-7-22(15)18(14)24/h3-4,6-7,10,12,20H,5,8-9H2,1-2H3/p+1. The Balaban J connectivity index is 2.17. The Kier molecular flexibility index (Phi) is 4.63. The third-order valence-corrected chi connectivity index (χ3v) is 3.96. The predicted molar refractivity (Wildman–Crippen MR) is 94.0 cm³/mol. The lowest BCUT2D eigenvalue weighted by Crippen LogP contribution is -2.41. The number of aryl methyl sites for hydroxylation is 1. The van der Waals surface area contributed by atoms with Crippen LogP contribution in [0.2, 0.25) is 0 Å². The summed E-state index contributed by atoms with van der Waals surface area (Å²) in [6.07, 6.45) is 2.51. The van der Waals surface area contributed by atoms with Gasteiger partial charge in [-0.1, -0.05) is 11.1 Å². The predicted octanol–water partition coefficient (Wildman–Crippen LogP) is 1.40. The van der Waals surface area contributed by atoms with Crippen LogP contribution in [0.4, 0.5) is 5.82 Å². The molecule has 3 rings (SSSR count). The molecule has 3 aromatic heterocycles. The highest BCUT2D eigenvalue weighted by Gasteiger charge is 2.20. The van der Waals surface area contributed by atoms with Crippen molar-refractivity contribution < 1.29 is 9.30 Å². The van der Waals surface area contributed by atoms with Gasteiger partial charge in [0, 0.05) is 19.2 Å². The molecule has 7 nitrogen and oxygen atoms in total. The molecule has 0 atom stereocenters. The quantitative estimate of drug-likeness (QED) is 0.431.